The molecule has 182 valence electrons. The molecule has 2 fully saturated rings. The zero-order chi connectivity index (χ0) is 24.6. The van der Waals surface area contributed by atoms with Crippen LogP contribution in [0.15, 0.2) is 59.8 Å². The van der Waals surface area contributed by atoms with Crippen molar-refractivity contribution in [2.45, 2.75) is 56.0 Å². The number of ether oxygens (including phenoxy) is 1. The smallest absolute Gasteiger partial charge is 0.284 e. The number of carbonyl (C=O) groups is 1. The lowest BCUT2D eigenvalue weighted by Crippen LogP contribution is -2.58. The van der Waals surface area contributed by atoms with Gasteiger partial charge in [0.15, 0.2) is 0 Å². The number of amides is 1. The van der Waals surface area contributed by atoms with E-state index >= 15 is 0 Å². The third-order valence-electron chi connectivity index (χ3n) is 6.82. The minimum Gasteiger partial charge on any atom is -0.390 e. The standard InChI is InChI=1S/C25H25FN4O5/c26-17-5-1-2-6-19(17)30-24(33)16(9-12-28-30)23(32)29-18-14-27-11-8-15(18)20-13-21(31)25(34)10-4-3-7-22(25)35-20/h1-2,5-6,8-9,11-12,14,20-22,31,34H,3-4,7,10,13H2,(H,29,32)/t20-,21-,22-,25+/m1/s1. The first kappa shape index (κ1) is 23.3. The average Bonchev–Trinajstić information content (AvgIpc) is 2.85. The number of hydrogen-bond donors (Lipinski definition) is 3. The van der Waals surface area contributed by atoms with Crippen LogP contribution in [0.25, 0.3) is 5.69 Å². The van der Waals surface area contributed by atoms with Gasteiger partial charge in [-0.15, -0.1) is 0 Å². The molecule has 0 radical (unpaired) electrons. The summed E-state index contributed by atoms with van der Waals surface area (Å²) in [7, 11) is 0. The Kier molecular flexibility index (Phi) is 6.18. The molecule has 10 heteroatoms. The lowest BCUT2D eigenvalue weighted by Gasteiger charge is -2.49. The van der Waals surface area contributed by atoms with Gasteiger partial charge >= 0.3 is 0 Å². The predicted octanol–water partition coefficient (Wildman–Crippen LogP) is 2.51. The highest BCUT2D eigenvalue weighted by atomic mass is 19.1. The minimum atomic E-state index is -1.28. The van der Waals surface area contributed by atoms with Crippen LogP contribution in [-0.4, -0.2) is 48.7 Å². The van der Waals surface area contributed by atoms with E-state index in [4.69, 9.17) is 4.74 Å². The molecule has 0 bridgehead atoms. The third-order valence-corrected chi connectivity index (χ3v) is 6.82. The molecule has 1 aliphatic carbocycles. The van der Waals surface area contributed by atoms with Crippen LogP contribution in [-0.2, 0) is 4.74 Å². The Labute approximate surface area is 200 Å². The molecule has 0 spiro atoms. The van der Waals surface area contributed by atoms with Crippen LogP contribution >= 0.6 is 0 Å². The van der Waals surface area contributed by atoms with Crippen molar-refractivity contribution in [3.05, 3.63) is 82.3 Å². The minimum absolute atomic E-state index is 0.0706. The Bertz CT molecular complexity index is 1310. The highest BCUT2D eigenvalue weighted by molar-refractivity contribution is 6.04. The topological polar surface area (TPSA) is 127 Å². The SMILES string of the molecule is O=C(Nc1cnccc1[C@H]1C[C@@H](O)[C@@]2(O)CCCC[C@H]2O1)c1ccnn(-c2ccccc2F)c1=O. The Hall–Kier alpha value is -3.47. The Balaban J connectivity index is 1.42. The highest BCUT2D eigenvalue weighted by Gasteiger charge is 2.51. The Morgan fingerprint density at radius 2 is 2.03 bits per heavy atom. The summed E-state index contributed by atoms with van der Waals surface area (Å²) in [5, 5.41) is 28.3. The number of fused-ring (bicyclic) bond motifs is 1. The number of aliphatic hydroxyl groups excluding tert-OH is 1. The second kappa shape index (κ2) is 9.29. The van der Waals surface area contributed by atoms with Gasteiger partial charge in [0.2, 0.25) is 0 Å². The number of aromatic nitrogens is 3. The molecule has 2 aromatic heterocycles. The van der Waals surface area contributed by atoms with Crippen LogP contribution in [0, 0.1) is 5.82 Å². The average molecular weight is 480 g/mol. The molecule has 0 unspecified atom stereocenters. The number of para-hydroxylation sites is 1. The molecule has 3 heterocycles. The van der Waals surface area contributed by atoms with E-state index in [1.807, 2.05) is 0 Å². The summed E-state index contributed by atoms with van der Waals surface area (Å²) in [6.07, 6.45) is 5.11. The van der Waals surface area contributed by atoms with E-state index in [2.05, 4.69) is 15.4 Å². The van der Waals surface area contributed by atoms with Crippen LogP contribution < -0.4 is 10.9 Å². The van der Waals surface area contributed by atoms with Crippen LogP contribution in [0.1, 0.15) is 54.1 Å². The summed E-state index contributed by atoms with van der Waals surface area (Å²) < 4.78 is 21.2. The van der Waals surface area contributed by atoms with Gasteiger partial charge in [-0.3, -0.25) is 14.6 Å². The first-order valence-electron chi connectivity index (χ1n) is 11.5. The second-order valence-corrected chi connectivity index (χ2v) is 8.93. The number of anilines is 1. The molecule has 3 aromatic rings. The summed E-state index contributed by atoms with van der Waals surface area (Å²) in [5.41, 5.74) is -1.48. The number of hydrogen-bond acceptors (Lipinski definition) is 7. The molecular formula is C25H25FN4O5. The van der Waals surface area contributed by atoms with E-state index < -0.39 is 41.2 Å². The normalized spacial score (nSPS) is 26.1. The van der Waals surface area contributed by atoms with Crippen molar-refractivity contribution < 1.29 is 24.1 Å². The van der Waals surface area contributed by atoms with Crippen molar-refractivity contribution in [2.75, 3.05) is 5.32 Å². The monoisotopic (exact) mass is 480 g/mol. The maximum Gasteiger partial charge on any atom is 0.284 e. The number of benzene rings is 1. The largest absolute Gasteiger partial charge is 0.390 e. The number of carbonyl (C=O) groups excluding carboxylic acids is 1. The van der Waals surface area contributed by atoms with Crippen LogP contribution in [0.3, 0.4) is 0 Å². The second-order valence-electron chi connectivity index (χ2n) is 8.93. The molecule has 1 aromatic carbocycles. The fourth-order valence-electron chi connectivity index (χ4n) is 4.94. The first-order valence-corrected chi connectivity index (χ1v) is 11.5. The summed E-state index contributed by atoms with van der Waals surface area (Å²) in [4.78, 5) is 30.1. The molecule has 9 nitrogen and oxygen atoms in total. The van der Waals surface area contributed by atoms with Gasteiger partial charge in [0, 0.05) is 24.4 Å². The maximum absolute atomic E-state index is 14.2. The molecule has 3 N–H and O–H groups in total. The van der Waals surface area contributed by atoms with Gasteiger partial charge in [0.25, 0.3) is 11.5 Å². The highest BCUT2D eigenvalue weighted by Crippen LogP contribution is 2.45. The molecular weight excluding hydrogens is 455 g/mol. The quantitative estimate of drug-likeness (QED) is 0.524. The molecule has 1 aliphatic heterocycles. The van der Waals surface area contributed by atoms with Crippen molar-refractivity contribution >= 4 is 11.6 Å². The van der Waals surface area contributed by atoms with E-state index in [1.54, 1.807) is 18.3 Å². The molecule has 1 saturated carbocycles. The zero-order valence-electron chi connectivity index (χ0n) is 18.8. The molecule has 35 heavy (non-hydrogen) atoms. The number of nitrogens with one attached hydrogen (secondary N) is 1. The fourth-order valence-corrected chi connectivity index (χ4v) is 4.94. The van der Waals surface area contributed by atoms with Crippen molar-refractivity contribution in [3.63, 3.8) is 0 Å². The maximum atomic E-state index is 14.2. The van der Waals surface area contributed by atoms with Gasteiger partial charge < -0.3 is 20.3 Å². The zero-order valence-corrected chi connectivity index (χ0v) is 18.8. The van der Waals surface area contributed by atoms with Crippen molar-refractivity contribution in [2.24, 2.45) is 0 Å². The number of halogens is 1. The van der Waals surface area contributed by atoms with Gasteiger partial charge in [-0.2, -0.15) is 9.78 Å². The van der Waals surface area contributed by atoms with Gasteiger partial charge in [-0.05, 0) is 37.1 Å². The third kappa shape index (κ3) is 4.24. The first-order chi connectivity index (χ1) is 16.9. The lowest BCUT2D eigenvalue weighted by atomic mass is 9.74. The summed E-state index contributed by atoms with van der Waals surface area (Å²) in [6, 6.07) is 8.57. The summed E-state index contributed by atoms with van der Waals surface area (Å²) in [6.45, 7) is 0. The fraction of sp³-hybridized carbons (Fsp3) is 0.360. The van der Waals surface area contributed by atoms with Gasteiger partial charge in [-0.1, -0.05) is 25.0 Å². The Morgan fingerprint density at radius 1 is 1.20 bits per heavy atom. The van der Waals surface area contributed by atoms with E-state index in [-0.39, 0.29) is 17.7 Å². The molecule has 1 amide bonds. The van der Waals surface area contributed by atoms with Crippen LogP contribution in [0.5, 0.6) is 0 Å². The van der Waals surface area contributed by atoms with Crippen LogP contribution in [0.2, 0.25) is 0 Å². The molecule has 1 saturated heterocycles. The van der Waals surface area contributed by atoms with E-state index in [1.165, 1.54) is 36.7 Å². The van der Waals surface area contributed by atoms with E-state index in [0.29, 0.717) is 24.1 Å². The van der Waals surface area contributed by atoms with Crippen molar-refractivity contribution in [1.29, 1.82) is 0 Å². The van der Waals surface area contributed by atoms with Crippen molar-refractivity contribution in [1.82, 2.24) is 14.8 Å². The van der Waals surface area contributed by atoms with Gasteiger partial charge in [-0.25, -0.2) is 4.39 Å². The van der Waals surface area contributed by atoms with Gasteiger partial charge in [0.05, 0.1) is 30.2 Å². The lowest BCUT2D eigenvalue weighted by molar-refractivity contribution is -0.242. The number of pyridine rings is 1. The molecule has 4 atom stereocenters. The number of rotatable bonds is 4. The van der Waals surface area contributed by atoms with Crippen molar-refractivity contribution in [3.8, 4) is 5.69 Å². The molecule has 5 rings (SSSR count). The summed E-state index contributed by atoms with van der Waals surface area (Å²) >= 11 is 0. The van der Waals surface area contributed by atoms with Gasteiger partial charge in [0.1, 0.15) is 22.7 Å². The number of aliphatic hydroxyl groups is 2. The molecule has 2 aliphatic rings. The predicted molar refractivity (Wildman–Crippen MR) is 124 cm³/mol. The van der Waals surface area contributed by atoms with E-state index in [0.717, 1.165) is 17.5 Å². The number of nitrogens with zero attached hydrogens (tertiary/aromatic N) is 3. The summed E-state index contributed by atoms with van der Waals surface area (Å²) in [5.74, 6) is -1.37. The van der Waals surface area contributed by atoms with Crippen LogP contribution in [0.4, 0.5) is 10.1 Å². The Morgan fingerprint density at radius 3 is 2.86 bits per heavy atom. The van der Waals surface area contributed by atoms with E-state index in [9.17, 15) is 24.2 Å².